The van der Waals surface area contributed by atoms with E-state index in [0.717, 1.165) is 4.90 Å². The quantitative estimate of drug-likeness (QED) is 0.330. The number of hydrogen-bond acceptors (Lipinski definition) is 7. The van der Waals surface area contributed by atoms with Crippen molar-refractivity contribution >= 4 is 35.0 Å². The van der Waals surface area contributed by atoms with E-state index in [4.69, 9.17) is 0 Å². The molecular weight excluding hydrogens is 550 g/mol. The van der Waals surface area contributed by atoms with Crippen molar-refractivity contribution in [3.05, 3.63) is 83.4 Å². The van der Waals surface area contributed by atoms with E-state index in [1.165, 1.54) is 46.7 Å². The summed E-state index contributed by atoms with van der Waals surface area (Å²) in [6, 6.07) is 13.7. The van der Waals surface area contributed by atoms with Crippen LogP contribution < -0.4 is 10.2 Å². The number of carbonyl (C=O) groups excluding carboxylic acids is 2. The maximum Gasteiger partial charge on any atom is 0.271 e. The van der Waals surface area contributed by atoms with Crippen molar-refractivity contribution in [2.45, 2.75) is 36.0 Å². The molecule has 12 heteroatoms. The van der Waals surface area contributed by atoms with Gasteiger partial charge in [-0.25, -0.2) is 18.3 Å². The van der Waals surface area contributed by atoms with Gasteiger partial charge >= 0.3 is 0 Å². The Kier molecular flexibility index (Phi) is 7.24. The molecule has 2 fully saturated rings. The third-order valence-electron chi connectivity index (χ3n) is 7.54. The fourth-order valence-corrected chi connectivity index (χ4v) is 6.05. The van der Waals surface area contributed by atoms with Gasteiger partial charge in [0, 0.05) is 36.0 Å². The van der Waals surface area contributed by atoms with Crippen molar-refractivity contribution in [1.82, 2.24) is 24.8 Å². The number of phenolic OH excluding ortho intramolecular Hbond substituents is 1. The SMILES string of the molecule is CSc1cc(F)cc([C@H]2C[C@H](F)CN2c2ccc3ncc(C(=O)N[C@H]4CCN(C(=O)c5cccc(O)c5)C4)n3n2)c1. The summed E-state index contributed by atoms with van der Waals surface area (Å²) in [4.78, 5) is 34.6. The largest absolute Gasteiger partial charge is 0.508 e. The Morgan fingerprint density at radius 2 is 1.98 bits per heavy atom. The zero-order valence-electron chi connectivity index (χ0n) is 22.2. The molecule has 2 aromatic heterocycles. The number of aromatic hydroxyl groups is 1. The highest BCUT2D eigenvalue weighted by molar-refractivity contribution is 7.98. The summed E-state index contributed by atoms with van der Waals surface area (Å²) >= 11 is 1.42. The standard InChI is InChI=1S/C29H28F2N6O3S/c1-41-23-11-18(9-19(30)12-23)24-13-20(31)15-36(24)27-6-5-26-32-14-25(37(26)34-27)28(39)33-21-7-8-35(16-21)29(40)17-3-2-4-22(38)10-17/h2-6,9-12,14,20-21,24,38H,7-8,13,15-16H2,1H3,(H,33,39)/t20-,21-,24+/m0/s1. The second-order valence-corrected chi connectivity index (χ2v) is 11.2. The number of thioether (sulfide) groups is 1. The number of phenols is 1. The molecule has 0 bridgehead atoms. The molecule has 0 spiro atoms. The molecule has 9 nitrogen and oxygen atoms in total. The number of alkyl halides is 1. The second-order valence-electron chi connectivity index (χ2n) is 10.3. The number of nitrogens with zero attached hydrogens (tertiary/aromatic N) is 5. The monoisotopic (exact) mass is 578 g/mol. The van der Waals surface area contributed by atoms with Gasteiger partial charge in [-0.3, -0.25) is 9.59 Å². The molecule has 0 aliphatic carbocycles. The van der Waals surface area contributed by atoms with Crippen LogP contribution in [0.1, 0.15) is 45.3 Å². The first-order chi connectivity index (χ1) is 19.8. The van der Waals surface area contributed by atoms with Gasteiger partial charge in [0.15, 0.2) is 11.3 Å². The summed E-state index contributed by atoms with van der Waals surface area (Å²) in [6.45, 7) is 0.887. The van der Waals surface area contributed by atoms with Crippen LogP contribution in [0.4, 0.5) is 14.6 Å². The minimum Gasteiger partial charge on any atom is -0.508 e. The molecule has 2 N–H and O–H groups in total. The van der Waals surface area contributed by atoms with Gasteiger partial charge in [0.2, 0.25) is 0 Å². The number of carbonyl (C=O) groups is 2. The second kappa shape index (κ2) is 11.0. The number of anilines is 1. The summed E-state index contributed by atoms with van der Waals surface area (Å²) in [5, 5.41) is 17.3. The lowest BCUT2D eigenvalue weighted by atomic mass is 10.0. The average molecular weight is 579 g/mol. The highest BCUT2D eigenvalue weighted by atomic mass is 32.2. The molecule has 0 saturated carbocycles. The molecule has 2 aliphatic rings. The molecule has 0 unspecified atom stereocenters. The van der Waals surface area contributed by atoms with Gasteiger partial charge < -0.3 is 20.2 Å². The zero-order valence-corrected chi connectivity index (χ0v) is 23.0. The van der Waals surface area contributed by atoms with Crippen LogP contribution in [0.25, 0.3) is 5.65 Å². The van der Waals surface area contributed by atoms with E-state index >= 15 is 0 Å². The highest BCUT2D eigenvalue weighted by Crippen LogP contribution is 2.38. The van der Waals surface area contributed by atoms with Gasteiger partial charge in [0.1, 0.15) is 23.6 Å². The first kappa shape index (κ1) is 27.0. The maximum absolute atomic E-state index is 14.7. The molecule has 2 aromatic carbocycles. The van der Waals surface area contributed by atoms with Crippen molar-refractivity contribution in [1.29, 1.82) is 0 Å². The minimum absolute atomic E-state index is 0.0160. The van der Waals surface area contributed by atoms with Gasteiger partial charge in [-0.2, -0.15) is 0 Å². The molecule has 6 rings (SSSR count). The topological polar surface area (TPSA) is 103 Å². The van der Waals surface area contributed by atoms with Gasteiger partial charge in [0.05, 0.1) is 18.8 Å². The first-order valence-electron chi connectivity index (χ1n) is 13.3. The number of halogens is 2. The predicted octanol–water partition coefficient (Wildman–Crippen LogP) is 4.23. The summed E-state index contributed by atoms with van der Waals surface area (Å²) in [7, 11) is 0. The predicted molar refractivity (Wildman–Crippen MR) is 151 cm³/mol. The minimum atomic E-state index is -1.11. The molecule has 212 valence electrons. The Morgan fingerprint density at radius 1 is 1.12 bits per heavy atom. The maximum atomic E-state index is 14.7. The van der Waals surface area contributed by atoms with Crippen LogP contribution in [-0.2, 0) is 0 Å². The number of benzene rings is 2. The van der Waals surface area contributed by atoms with Crippen molar-refractivity contribution in [3.63, 3.8) is 0 Å². The van der Waals surface area contributed by atoms with E-state index in [-0.39, 0.29) is 42.2 Å². The molecule has 41 heavy (non-hydrogen) atoms. The number of imidazole rings is 1. The van der Waals surface area contributed by atoms with E-state index in [2.05, 4.69) is 15.4 Å². The number of amides is 2. The molecule has 4 heterocycles. The van der Waals surface area contributed by atoms with Crippen LogP contribution >= 0.6 is 11.8 Å². The molecule has 2 aliphatic heterocycles. The molecule has 4 aromatic rings. The third-order valence-corrected chi connectivity index (χ3v) is 8.25. The Hall–Kier alpha value is -4.19. The molecular formula is C29H28F2N6O3S. The number of fused-ring (bicyclic) bond motifs is 1. The average Bonchev–Trinajstić information content (AvgIpc) is 3.70. The normalized spacial score (nSPS) is 20.6. The van der Waals surface area contributed by atoms with Crippen molar-refractivity contribution in [2.24, 2.45) is 0 Å². The Bertz CT molecular complexity index is 1630. The van der Waals surface area contributed by atoms with E-state index in [9.17, 15) is 23.5 Å². The van der Waals surface area contributed by atoms with Crippen LogP contribution in [-0.4, -0.2) is 74.5 Å². The lowest BCUT2D eigenvalue weighted by molar-refractivity contribution is 0.0782. The molecule has 0 radical (unpaired) electrons. The summed E-state index contributed by atoms with van der Waals surface area (Å²) in [5.74, 6) is -0.515. The Morgan fingerprint density at radius 3 is 2.78 bits per heavy atom. The summed E-state index contributed by atoms with van der Waals surface area (Å²) in [6.07, 6.45) is 2.96. The van der Waals surface area contributed by atoms with Crippen LogP contribution in [0.3, 0.4) is 0 Å². The van der Waals surface area contributed by atoms with Crippen LogP contribution in [0, 0.1) is 5.82 Å². The lowest BCUT2D eigenvalue weighted by Crippen LogP contribution is -2.39. The number of hydrogen-bond donors (Lipinski definition) is 2. The zero-order chi connectivity index (χ0) is 28.7. The van der Waals surface area contributed by atoms with Crippen LogP contribution in [0.15, 0.2) is 65.7 Å². The molecule has 3 atom stereocenters. The Labute approximate surface area is 239 Å². The summed E-state index contributed by atoms with van der Waals surface area (Å²) in [5.41, 5.74) is 1.72. The number of rotatable bonds is 6. The fraction of sp³-hybridized carbons (Fsp3) is 0.310. The summed E-state index contributed by atoms with van der Waals surface area (Å²) < 4.78 is 30.4. The lowest BCUT2D eigenvalue weighted by Gasteiger charge is -2.26. The van der Waals surface area contributed by atoms with E-state index in [0.29, 0.717) is 42.1 Å². The number of likely N-dealkylation sites (tertiary alicyclic amines) is 1. The van der Waals surface area contributed by atoms with Gasteiger partial charge in [0.25, 0.3) is 11.8 Å². The van der Waals surface area contributed by atoms with Crippen LogP contribution in [0.5, 0.6) is 5.75 Å². The van der Waals surface area contributed by atoms with Crippen molar-refractivity contribution < 1.29 is 23.5 Å². The van der Waals surface area contributed by atoms with Crippen molar-refractivity contribution in [3.8, 4) is 5.75 Å². The van der Waals surface area contributed by atoms with E-state index in [1.807, 2.05) is 12.3 Å². The number of nitrogens with one attached hydrogen (secondary N) is 1. The molecule has 2 amide bonds. The van der Waals surface area contributed by atoms with Crippen LogP contribution in [0.2, 0.25) is 0 Å². The van der Waals surface area contributed by atoms with E-state index < -0.39 is 18.1 Å². The van der Waals surface area contributed by atoms with E-state index in [1.54, 1.807) is 34.1 Å². The third kappa shape index (κ3) is 5.43. The first-order valence-corrected chi connectivity index (χ1v) is 14.5. The van der Waals surface area contributed by atoms with Gasteiger partial charge in [-0.15, -0.1) is 16.9 Å². The highest BCUT2D eigenvalue weighted by Gasteiger charge is 2.35. The van der Waals surface area contributed by atoms with Crippen molar-refractivity contribution in [2.75, 3.05) is 30.8 Å². The van der Waals surface area contributed by atoms with Gasteiger partial charge in [-0.1, -0.05) is 6.07 Å². The number of aromatic nitrogens is 3. The van der Waals surface area contributed by atoms with Gasteiger partial charge in [-0.05, 0) is 66.8 Å². The smallest absolute Gasteiger partial charge is 0.271 e. The fourth-order valence-electron chi connectivity index (χ4n) is 5.56. The Balaban J connectivity index is 1.20. The molecule has 2 saturated heterocycles.